The lowest BCUT2D eigenvalue weighted by molar-refractivity contribution is -0.0498. The van der Waals surface area contributed by atoms with E-state index >= 15 is 0 Å². The minimum absolute atomic E-state index is 0.00941. The van der Waals surface area contributed by atoms with Gasteiger partial charge in [-0.25, -0.2) is 0 Å². The molecule has 1 aromatic heterocycles. The van der Waals surface area contributed by atoms with Gasteiger partial charge >= 0.3 is 6.61 Å². The molecule has 1 heterocycles. The highest BCUT2D eigenvalue weighted by molar-refractivity contribution is 7.16. The Labute approximate surface area is 148 Å². The summed E-state index contributed by atoms with van der Waals surface area (Å²) < 4.78 is 28.6. The minimum Gasteiger partial charge on any atom is -0.435 e. The minimum atomic E-state index is -2.90. The summed E-state index contributed by atoms with van der Waals surface area (Å²) in [5.41, 5.74) is 1.89. The predicted octanol–water partition coefficient (Wildman–Crippen LogP) is 4.60. The van der Waals surface area contributed by atoms with Gasteiger partial charge in [0.2, 0.25) is 0 Å². The molecular formula is C18H16F2N2O2S. The van der Waals surface area contributed by atoms with E-state index in [1.54, 1.807) is 0 Å². The van der Waals surface area contributed by atoms with E-state index in [4.69, 9.17) is 0 Å². The molecule has 0 aliphatic heterocycles. The van der Waals surface area contributed by atoms with Crippen molar-refractivity contribution in [2.45, 2.75) is 32.8 Å². The summed E-state index contributed by atoms with van der Waals surface area (Å²) >= 11 is 1.45. The number of nitrogens with zero attached hydrogens (tertiary/aromatic N) is 1. The van der Waals surface area contributed by atoms with Crippen LogP contribution in [-0.4, -0.2) is 12.5 Å². The molecule has 130 valence electrons. The van der Waals surface area contributed by atoms with Crippen molar-refractivity contribution in [3.05, 3.63) is 45.8 Å². The third-order valence-corrected chi connectivity index (χ3v) is 5.36. The first kappa shape index (κ1) is 17.4. The first-order valence-corrected chi connectivity index (χ1v) is 8.70. The molecule has 0 spiro atoms. The molecule has 0 fully saturated rings. The molecule has 1 aliphatic rings. The van der Waals surface area contributed by atoms with Crippen LogP contribution < -0.4 is 10.1 Å². The summed E-state index contributed by atoms with van der Waals surface area (Å²) in [5, 5.41) is 12.8. The molecule has 0 saturated carbocycles. The van der Waals surface area contributed by atoms with Gasteiger partial charge in [0.25, 0.3) is 5.91 Å². The van der Waals surface area contributed by atoms with Gasteiger partial charge in [-0.15, -0.1) is 11.3 Å². The van der Waals surface area contributed by atoms with Crippen molar-refractivity contribution in [2.24, 2.45) is 5.92 Å². The quantitative estimate of drug-likeness (QED) is 0.865. The number of rotatable bonds is 4. The van der Waals surface area contributed by atoms with E-state index in [-0.39, 0.29) is 11.7 Å². The molecule has 0 radical (unpaired) electrons. The Bertz CT molecular complexity index is 825. The van der Waals surface area contributed by atoms with E-state index in [0.717, 1.165) is 29.7 Å². The molecule has 2 aromatic rings. The van der Waals surface area contributed by atoms with E-state index in [1.165, 1.54) is 35.6 Å². The van der Waals surface area contributed by atoms with Crippen LogP contribution in [0.4, 0.5) is 13.8 Å². The Balaban J connectivity index is 1.78. The molecule has 7 heteroatoms. The van der Waals surface area contributed by atoms with Crippen LogP contribution in [0.15, 0.2) is 24.3 Å². The van der Waals surface area contributed by atoms with Crippen LogP contribution in [0.1, 0.15) is 39.7 Å². The molecule has 25 heavy (non-hydrogen) atoms. The topological polar surface area (TPSA) is 62.1 Å². The standard InChI is InChI=1S/C18H16F2N2O2S/c1-10-2-7-13-14(9-21)17(25-15(13)8-10)22-16(23)11-3-5-12(6-4-11)24-18(19)20/h3-6,10,18H,2,7-8H2,1H3,(H,22,23)/t10-/m0/s1. The zero-order chi connectivity index (χ0) is 18.0. The van der Waals surface area contributed by atoms with Gasteiger partial charge in [0.05, 0.1) is 5.56 Å². The number of nitriles is 1. The average molecular weight is 362 g/mol. The highest BCUT2D eigenvalue weighted by Gasteiger charge is 2.24. The molecule has 0 unspecified atom stereocenters. The number of benzene rings is 1. The fraction of sp³-hybridized carbons (Fsp3) is 0.333. The Kier molecular flexibility index (Phi) is 5.00. The number of carbonyl (C=O) groups excluding carboxylic acids is 1. The third-order valence-electron chi connectivity index (χ3n) is 4.19. The lowest BCUT2D eigenvalue weighted by Gasteiger charge is -2.17. The summed E-state index contributed by atoms with van der Waals surface area (Å²) in [4.78, 5) is 13.5. The number of amides is 1. The van der Waals surface area contributed by atoms with Crippen molar-refractivity contribution >= 4 is 22.2 Å². The van der Waals surface area contributed by atoms with E-state index in [0.29, 0.717) is 22.0 Å². The maximum atomic E-state index is 12.4. The zero-order valence-electron chi connectivity index (χ0n) is 13.5. The molecule has 0 saturated heterocycles. The van der Waals surface area contributed by atoms with E-state index in [9.17, 15) is 18.8 Å². The van der Waals surface area contributed by atoms with Crippen LogP contribution in [-0.2, 0) is 12.8 Å². The van der Waals surface area contributed by atoms with Crippen LogP contribution in [0.25, 0.3) is 0 Å². The van der Waals surface area contributed by atoms with Crippen LogP contribution >= 0.6 is 11.3 Å². The summed E-state index contributed by atoms with van der Waals surface area (Å²) in [5.74, 6) is 0.181. The number of halogens is 2. The van der Waals surface area contributed by atoms with Gasteiger partial charge in [0, 0.05) is 10.4 Å². The van der Waals surface area contributed by atoms with Crippen molar-refractivity contribution in [1.29, 1.82) is 5.26 Å². The first-order chi connectivity index (χ1) is 12.0. The van der Waals surface area contributed by atoms with Crippen LogP contribution in [0.3, 0.4) is 0 Å². The number of carbonyl (C=O) groups is 1. The van der Waals surface area contributed by atoms with E-state index in [1.807, 2.05) is 0 Å². The maximum Gasteiger partial charge on any atom is 0.387 e. The van der Waals surface area contributed by atoms with Gasteiger partial charge in [-0.05, 0) is 55.0 Å². The van der Waals surface area contributed by atoms with Gasteiger partial charge in [0.15, 0.2) is 0 Å². The van der Waals surface area contributed by atoms with Crippen molar-refractivity contribution in [3.8, 4) is 11.8 Å². The maximum absolute atomic E-state index is 12.4. The Morgan fingerprint density at radius 1 is 1.40 bits per heavy atom. The lowest BCUT2D eigenvalue weighted by Crippen LogP contribution is -2.12. The highest BCUT2D eigenvalue weighted by atomic mass is 32.1. The van der Waals surface area contributed by atoms with E-state index in [2.05, 4.69) is 23.0 Å². The second-order valence-electron chi connectivity index (χ2n) is 6.02. The zero-order valence-corrected chi connectivity index (χ0v) is 14.3. The van der Waals surface area contributed by atoms with E-state index < -0.39 is 6.61 Å². The SMILES string of the molecule is C[C@H]1CCc2c(sc(NC(=O)c3ccc(OC(F)F)cc3)c2C#N)C1. The Morgan fingerprint density at radius 3 is 2.76 bits per heavy atom. The van der Waals surface area contributed by atoms with Crippen molar-refractivity contribution in [2.75, 3.05) is 5.32 Å². The number of fused-ring (bicyclic) bond motifs is 1. The van der Waals surface area contributed by atoms with Crippen molar-refractivity contribution < 1.29 is 18.3 Å². The van der Waals surface area contributed by atoms with Crippen molar-refractivity contribution in [3.63, 3.8) is 0 Å². The predicted molar refractivity (Wildman–Crippen MR) is 91.3 cm³/mol. The normalized spacial score (nSPS) is 16.2. The number of anilines is 1. The number of nitrogens with one attached hydrogen (secondary N) is 1. The lowest BCUT2D eigenvalue weighted by atomic mass is 9.88. The molecule has 1 N–H and O–H groups in total. The molecule has 3 rings (SSSR count). The fourth-order valence-electron chi connectivity index (χ4n) is 2.92. The molecule has 1 amide bonds. The number of hydrogen-bond donors (Lipinski definition) is 1. The smallest absolute Gasteiger partial charge is 0.387 e. The third kappa shape index (κ3) is 3.80. The van der Waals surface area contributed by atoms with Gasteiger partial charge in [-0.3, -0.25) is 4.79 Å². The Morgan fingerprint density at radius 2 is 2.12 bits per heavy atom. The molecule has 1 aromatic carbocycles. The molecule has 0 bridgehead atoms. The van der Waals surface area contributed by atoms with Crippen LogP contribution in [0.2, 0.25) is 0 Å². The second kappa shape index (κ2) is 7.19. The highest BCUT2D eigenvalue weighted by Crippen LogP contribution is 2.39. The second-order valence-corrected chi connectivity index (χ2v) is 7.13. The fourth-order valence-corrected chi connectivity index (χ4v) is 4.28. The van der Waals surface area contributed by atoms with Crippen molar-refractivity contribution in [1.82, 2.24) is 0 Å². The molecule has 1 atom stereocenters. The Hall–Kier alpha value is -2.46. The largest absolute Gasteiger partial charge is 0.435 e. The average Bonchev–Trinajstić information content (AvgIpc) is 2.90. The van der Waals surface area contributed by atoms with Gasteiger partial charge < -0.3 is 10.1 Å². The monoisotopic (exact) mass is 362 g/mol. The molecular weight excluding hydrogens is 346 g/mol. The van der Waals surface area contributed by atoms with Gasteiger partial charge in [0.1, 0.15) is 16.8 Å². The van der Waals surface area contributed by atoms with Crippen LogP contribution in [0, 0.1) is 17.2 Å². The number of hydrogen-bond acceptors (Lipinski definition) is 4. The summed E-state index contributed by atoms with van der Waals surface area (Å²) in [6.07, 6.45) is 2.81. The summed E-state index contributed by atoms with van der Waals surface area (Å²) in [6, 6.07) is 7.65. The summed E-state index contributed by atoms with van der Waals surface area (Å²) in [6.45, 7) is -0.728. The number of ether oxygens (including phenoxy) is 1. The van der Waals surface area contributed by atoms with Gasteiger partial charge in [-0.2, -0.15) is 14.0 Å². The molecule has 1 aliphatic carbocycles. The van der Waals surface area contributed by atoms with Crippen LogP contribution in [0.5, 0.6) is 5.75 Å². The molecule has 4 nitrogen and oxygen atoms in total. The number of alkyl halides is 2. The van der Waals surface area contributed by atoms with Gasteiger partial charge in [-0.1, -0.05) is 6.92 Å². The summed E-state index contributed by atoms with van der Waals surface area (Å²) in [7, 11) is 0. The first-order valence-electron chi connectivity index (χ1n) is 7.88. The number of thiophene rings is 1.